The number of hydrogen-bond acceptors (Lipinski definition) is 7. The molecule has 1 aromatic carbocycles. The number of carbonyl (C=O) groups is 1. The molecule has 1 fully saturated rings. The van der Waals surface area contributed by atoms with Crippen molar-refractivity contribution in [2.75, 3.05) is 24.8 Å². The van der Waals surface area contributed by atoms with Crippen LogP contribution in [0.15, 0.2) is 30.5 Å². The van der Waals surface area contributed by atoms with Crippen molar-refractivity contribution in [1.29, 1.82) is 0 Å². The number of anilines is 3. The van der Waals surface area contributed by atoms with Gasteiger partial charge < -0.3 is 25.4 Å². The maximum Gasteiger partial charge on any atom is 0.407 e. The van der Waals surface area contributed by atoms with Crippen LogP contribution in [0.2, 0.25) is 0 Å². The third-order valence-corrected chi connectivity index (χ3v) is 4.64. The number of amides is 1. The van der Waals surface area contributed by atoms with Gasteiger partial charge in [-0.2, -0.15) is 4.98 Å². The van der Waals surface area contributed by atoms with Gasteiger partial charge in [0, 0.05) is 24.7 Å². The van der Waals surface area contributed by atoms with Gasteiger partial charge in [0.1, 0.15) is 11.4 Å². The summed E-state index contributed by atoms with van der Waals surface area (Å²) in [5.74, 6) is 8.57. The van der Waals surface area contributed by atoms with E-state index in [9.17, 15) is 4.79 Å². The van der Waals surface area contributed by atoms with Crippen molar-refractivity contribution in [2.45, 2.75) is 45.3 Å². The third kappa shape index (κ3) is 6.51. The first-order chi connectivity index (χ1) is 14.8. The normalized spacial score (nSPS) is 17.5. The molecule has 164 valence electrons. The van der Waals surface area contributed by atoms with Crippen molar-refractivity contribution in [3.8, 4) is 17.6 Å². The summed E-state index contributed by atoms with van der Waals surface area (Å²) in [6.07, 6.45) is 2.91. The van der Waals surface area contributed by atoms with Crippen molar-refractivity contribution in [1.82, 2.24) is 15.3 Å². The SMILES string of the molecule is CNc1ncc(C#C[C@H]2C[C@@H](NC(=O)OC(C)(C)C)C2)c(Nc2ccc(OC)cc2)n1. The maximum atomic E-state index is 11.9. The number of carbonyl (C=O) groups excluding carboxylic acids is 1. The smallest absolute Gasteiger partial charge is 0.407 e. The van der Waals surface area contributed by atoms with Gasteiger partial charge in [0.2, 0.25) is 5.95 Å². The highest BCUT2D eigenvalue weighted by molar-refractivity contribution is 5.68. The first-order valence-electron chi connectivity index (χ1n) is 10.2. The Bertz CT molecular complexity index is 967. The van der Waals surface area contributed by atoms with Crippen LogP contribution in [0.1, 0.15) is 39.2 Å². The molecule has 0 atom stereocenters. The highest BCUT2D eigenvalue weighted by Crippen LogP contribution is 2.28. The third-order valence-electron chi connectivity index (χ3n) is 4.64. The molecule has 8 nitrogen and oxygen atoms in total. The first-order valence-corrected chi connectivity index (χ1v) is 10.2. The molecule has 1 aromatic heterocycles. The minimum absolute atomic E-state index is 0.0916. The van der Waals surface area contributed by atoms with Crippen LogP contribution >= 0.6 is 0 Å². The highest BCUT2D eigenvalue weighted by Gasteiger charge is 2.30. The van der Waals surface area contributed by atoms with E-state index in [2.05, 4.69) is 37.8 Å². The number of rotatable bonds is 5. The van der Waals surface area contributed by atoms with Gasteiger partial charge in [-0.3, -0.25) is 0 Å². The van der Waals surface area contributed by atoms with Gasteiger partial charge in [-0.25, -0.2) is 9.78 Å². The van der Waals surface area contributed by atoms with E-state index in [4.69, 9.17) is 9.47 Å². The summed E-state index contributed by atoms with van der Waals surface area (Å²) in [7, 11) is 3.40. The molecule has 0 radical (unpaired) electrons. The van der Waals surface area contributed by atoms with E-state index < -0.39 is 5.60 Å². The number of methoxy groups -OCH3 is 1. The van der Waals surface area contributed by atoms with Crippen molar-refractivity contribution in [2.24, 2.45) is 5.92 Å². The Kier molecular flexibility index (Phi) is 6.85. The zero-order valence-electron chi connectivity index (χ0n) is 18.6. The van der Waals surface area contributed by atoms with E-state index in [1.807, 2.05) is 45.0 Å². The van der Waals surface area contributed by atoms with Crippen molar-refractivity contribution >= 4 is 23.5 Å². The maximum absolute atomic E-state index is 11.9. The van der Waals surface area contributed by atoms with Crippen LogP contribution < -0.4 is 20.7 Å². The molecule has 8 heteroatoms. The van der Waals surface area contributed by atoms with Gasteiger partial charge in [0.05, 0.1) is 18.9 Å². The van der Waals surface area contributed by atoms with Crippen LogP contribution in [0.25, 0.3) is 0 Å². The highest BCUT2D eigenvalue weighted by atomic mass is 16.6. The molecular weight excluding hydrogens is 394 g/mol. The van der Waals surface area contributed by atoms with Crippen LogP contribution in [0.4, 0.5) is 22.2 Å². The summed E-state index contributed by atoms with van der Waals surface area (Å²) in [4.78, 5) is 20.6. The molecule has 31 heavy (non-hydrogen) atoms. The van der Waals surface area contributed by atoms with Gasteiger partial charge in [-0.05, 0) is 57.9 Å². The molecule has 1 amide bonds. The van der Waals surface area contributed by atoms with Gasteiger partial charge in [0.25, 0.3) is 0 Å². The van der Waals surface area contributed by atoms with Crippen molar-refractivity contribution in [3.05, 3.63) is 36.0 Å². The lowest BCUT2D eigenvalue weighted by atomic mass is 9.81. The predicted octanol–water partition coefficient (Wildman–Crippen LogP) is 3.93. The molecule has 0 aliphatic heterocycles. The van der Waals surface area contributed by atoms with Crippen LogP contribution in [-0.4, -0.2) is 41.9 Å². The fourth-order valence-electron chi connectivity index (χ4n) is 3.01. The minimum atomic E-state index is -0.500. The molecule has 0 spiro atoms. The van der Waals surface area contributed by atoms with E-state index >= 15 is 0 Å². The molecule has 1 aliphatic rings. The van der Waals surface area contributed by atoms with Crippen molar-refractivity contribution in [3.63, 3.8) is 0 Å². The molecule has 3 rings (SSSR count). The molecular formula is C23H29N5O3. The summed E-state index contributed by atoms with van der Waals surface area (Å²) in [5.41, 5.74) is 1.08. The van der Waals surface area contributed by atoms with Crippen LogP contribution in [0.3, 0.4) is 0 Å². The summed E-state index contributed by atoms with van der Waals surface area (Å²) >= 11 is 0. The minimum Gasteiger partial charge on any atom is -0.497 e. The summed E-state index contributed by atoms with van der Waals surface area (Å²) in [6, 6.07) is 7.67. The Labute approximate surface area is 183 Å². The second kappa shape index (κ2) is 9.56. The fraction of sp³-hybridized carbons (Fsp3) is 0.435. The second-order valence-corrected chi connectivity index (χ2v) is 8.34. The zero-order valence-corrected chi connectivity index (χ0v) is 18.6. The van der Waals surface area contributed by atoms with Crippen LogP contribution in [-0.2, 0) is 4.74 Å². The first kappa shape index (κ1) is 22.2. The molecule has 1 saturated carbocycles. The van der Waals surface area contributed by atoms with E-state index in [1.54, 1.807) is 20.4 Å². The molecule has 0 bridgehead atoms. The summed E-state index contributed by atoms with van der Waals surface area (Å²) in [5, 5.41) is 9.12. The Morgan fingerprint density at radius 3 is 2.52 bits per heavy atom. The van der Waals surface area contributed by atoms with Gasteiger partial charge in [0.15, 0.2) is 5.82 Å². The lowest BCUT2D eigenvalue weighted by Gasteiger charge is -2.33. The average molecular weight is 424 g/mol. The number of nitrogens with zero attached hydrogens (tertiary/aromatic N) is 2. The lowest BCUT2D eigenvalue weighted by molar-refractivity contribution is 0.0467. The van der Waals surface area contributed by atoms with E-state index in [0.717, 1.165) is 24.3 Å². The largest absolute Gasteiger partial charge is 0.497 e. The van der Waals surface area contributed by atoms with Crippen LogP contribution in [0, 0.1) is 17.8 Å². The average Bonchev–Trinajstić information content (AvgIpc) is 2.69. The van der Waals surface area contributed by atoms with Gasteiger partial charge in [-0.15, -0.1) is 0 Å². The predicted molar refractivity (Wildman–Crippen MR) is 121 cm³/mol. The quantitative estimate of drug-likeness (QED) is 0.627. The van der Waals surface area contributed by atoms with Gasteiger partial charge >= 0.3 is 6.09 Å². The van der Waals surface area contributed by atoms with E-state index in [-0.39, 0.29) is 18.1 Å². The van der Waals surface area contributed by atoms with Gasteiger partial charge in [-0.1, -0.05) is 11.8 Å². The van der Waals surface area contributed by atoms with Crippen LogP contribution in [0.5, 0.6) is 5.75 Å². The molecule has 0 unspecified atom stereocenters. The fourth-order valence-corrected chi connectivity index (χ4v) is 3.01. The molecule has 1 aliphatic carbocycles. The van der Waals surface area contributed by atoms with Crippen molar-refractivity contribution < 1.29 is 14.3 Å². The van der Waals surface area contributed by atoms with E-state index in [0.29, 0.717) is 17.3 Å². The molecule has 0 saturated heterocycles. The second-order valence-electron chi connectivity index (χ2n) is 8.34. The number of alkyl carbamates (subject to hydrolysis) is 1. The standard InChI is InChI=1S/C23H29N5O3/c1-23(2,3)31-22(29)27-18-12-15(13-18)6-7-16-14-25-21(24-4)28-20(16)26-17-8-10-19(30-5)11-9-17/h8-11,14-15,18H,12-13H2,1-5H3,(H,27,29)(H2,24,25,26,28)/t15-,18+. The molecule has 1 heterocycles. The Morgan fingerprint density at radius 1 is 1.19 bits per heavy atom. The zero-order chi connectivity index (χ0) is 22.4. The lowest BCUT2D eigenvalue weighted by Crippen LogP contribution is -2.45. The molecule has 3 N–H and O–H groups in total. The monoisotopic (exact) mass is 423 g/mol. The Hall–Kier alpha value is -3.47. The topological polar surface area (TPSA) is 97.4 Å². The number of nitrogens with one attached hydrogen (secondary N) is 3. The summed E-state index contributed by atoms with van der Waals surface area (Å²) < 4.78 is 10.5. The Morgan fingerprint density at radius 2 is 1.90 bits per heavy atom. The van der Waals surface area contributed by atoms with E-state index in [1.165, 1.54) is 0 Å². The summed E-state index contributed by atoms with van der Waals surface area (Å²) in [6.45, 7) is 5.54. The molecule has 2 aromatic rings. The Balaban J connectivity index is 1.63. The number of hydrogen-bond donors (Lipinski definition) is 3. The number of benzene rings is 1. The number of aromatic nitrogens is 2. The number of ether oxygens (including phenoxy) is 2.